The number of esters is 1. The molecule has 12 heteroatoms. The van der Waals surface area contributed by atoms with E-state index in [4.69, 9.17) is 9.84 Å². The Balaban J connectivity index is 3.86. The van der Waals surface area contributed by atoms with Crippen molar-refractivity contribution < 1.29 is 47.8 Å². The Hall–Kier alpha value is -3.08. The zero-order chi connectivity index (χ0) is 32.9. The summed E-state index contributed by atoms with van der Waals surface area (Å²) in [5.41, 5.74) is 0. The molecule has 3 unspecified atom stereocenters. The Labute approximate surface area is 261 Å². The van der Waals surface area contributed by atoms with Crippen LogP contribution < -0.4 is 5.32 Å². The predicted octanol–water partition coefficient (Wildman–Crippen LogP) is 5.87. The molecule has 0 aliphatic rings. The van der Waals surface area contributed by atoms with Gasteiger partial charge in [-0.25, -0.2) is 9.36 Å². The van der Waals surface area contributed by atoms with Gasteiger partial charge in [0.1, 0.15) is 12.7 Å². The number of carbonyl (C=O) groups excluding carboxylic acids is 2. The number of phosphoric acid groups is 1. The molecular weight excluding hydrogens is 589 g/mol. The first-order chi connectivity index (χ1) is 21.1. The highest BCUT2D eigenvalue weighted by atomic mass is 31.2. The minimum Gasteiger partial charge on any atom is -0.480 e. The Morgan fingerprint density at radius 2 is 1.23 bits per heavy atom. The largest absolute Gasteiger partial charge is 0.480 e. The number of carboxylic acids is 1. The van der Waals surface area contributed by atoms with Crippen molar-refractivity contribution in [3.63, 3.8) is 0 Å². The van der Waals surface area contributed by atoms with E-state index in [0.29, 0.717) is 6.42 Å². The third kappa shape index (κ3) is 27.7. The third-order valence-corrected chi connectivity index (χ3v) is 6.50. The molecule has 0 radical (unpaired) electrons. The summed E-state index contributed by atoms with van der Waals surface area (Å²) < 4.78 is 25.9. The zero-order valence-electron chi connectivity index (χ0n) is 25.9. The maximum atomic E-state index is 11.8. The fourth-order valence-corrected chi connectivity index (χ4v) is 4.06. The molecule has 0 bridgehead atoms. The van der Waals surface area contributed by atoms with Gasteiger partial charge in [-0.2, -0.15) is 0 Å². The maximum absolute atomic E-state index is 11.8. The monoisotopic (exact) mass is 639 g/mol. The smallest absolute Gasteiger partial charge is 0.472 e. The maximum Gasteiger partial charge on any atom is 0.472 e. The lowest BCUT2D eigenvalue weighted by molar-refractivity contribution is -0.147. The highest BCUT2D eigenvalue weighted by molar-refractivity contribution is 7.47. The number of hydrogen-bond donors (Lipinski definition) is 4. The van der Waals surface area contributed by atoms with Crippen molar-refractivity contribution in [2.24, 2.45) is 0 Å². The number of unbranched alkanes of at least 4 members (excludes halogenated alkanes) is 2. The molecule has 11 nitrogen and oxygen atoms in total. The molecule has 0 aromatic carbocycles. The molecule has 0 aromatic heterocycles. The van der Waals surface area contributed by atoms with Gasteiger partial charge in [-0.1, -0.05) is 79.8 Å². The molecule has 3 atom stereocenters. The van der Waals surface area contributed by atoms with Crippen molar-refractivity contribution in [3.8, 4) is 0 Å². The number of nitrogens with one attached hydrogen (secondary N) is 1. The lowest BCUT2D eigenvalue weighted by atomic mass is 10.2. The summed E-state index contributed by atoms with van der Waals surface area (Å²) in [5.74, 6) is -2.65. The summed E-state index contributed by atoms with van der Waals surface area (Å²) in [4.78, 5) is 43.5. The van der Waals surface area contributed by atoms with Crippen LogP contribution in [0.3, 0.4) is 0 Å². The first kappa shape index (κ1) is 40.9. The molecule has 0 aliphatic carbocycles. The molecular formula is C32H50NO10P. The topological polar surface area (TPSA) is 169 Å². The first-order valence-electron chi connectivity index (χ1n) is 14.9. The van der Waals surface area contributed by atoms with E-state index in [1.807, 2.05) is 5.32 Å². The van der Waals surface area contributed by atoms with Crippen LogP contribution in [0.4, 0.5) is 0 Å². The van der Waals surface area contributed by atoms with Crippen LogP contribution in [0.2, 0.25) is 0 Å². The van der Waals surface area contributed by atoms with Gasteiger partial charge in [-0.05, 0) is 57.8 Å². The van der Waals surface area contributed by atoms with Crippen LogP contribution in [0.15, 0.2) is 72.9 Å². The van der Waals surface area contributed by atoms with E-state index >= 15 is 0 Å². The molecule has 4 N–H and O–H groups in total. The number of ether oxygens (including phenoxy) is 1. The summed E-state index contributed by atoms with van der Waals surface area (Å²) >= 11 is 0. The van der Waals surface area contributed by atoms with Gasteiger partial charge in [0.2, 0.25) is 5.91 Å². The van der Waals surface area contributed by atoms with Gasteiger partial charge in [0.15, 0.2) is 6.04 Å². The number of aliphatic carboxylic acids is 1. The van der Waals surface area contributed by atoms with E-state index in [2.05, 4.69) is 88.9 Å². The van der Waals surface area contributed by atoms with Gasteiger partial charge in [0.25, 0.3) is 0 Å². The summed E-state index contributed by atoms with van der Waals surface area (Å²) in [5, 5.41) is 20.8. The quantitative estimate of drug-likeness (QED) is 0.0389. The number of carboxylic acid groups (broad SMARTS) is 1. The molecule has 0 fully saturated rings. The second-order valence-corrected chi connectivity index (χ2v) is 11.1. The average Bonchev–Trinajstić information content (AvgIpc) is 2.97. The lowest BCUT2D eigenvalue weighted by Crippen LogP contribution is -2.42. The van der Waals surface area contributed by atoms with Gasteiger partial charge in [-0.15, -0.1) is 0 Å². The van der Waals surface area contributed by atoms with Crippen molar-refractivity contribution >= 4 is 25.7 Å². The van der Waals surface area contributed by atoms with E-state index in [1.54, 1.807) is 0 Å². The van der Waals surface area contributed by atoms with Gasteiger partial charge >= 0.3 is 19.8 Å². The zero-order valence-corrected chi connectivity index (χ0v) is 26.8. The molecule has 248 valence electrons. The Kier molecular flexibility index (Phi) is 25.5. The van der Waals surface area contributed by atoms with E-state index in [0.717, 1.165) is 58.3 Å². The predicted molar refractivity (Wildman–Crippen MR) is 171 cm³/mol. The Morgan fingerprint density at radius 1 is 0.750 bits per heavy atom. The van der Waals surface area contributed by atoms with Crippen molar-refractivity contribution in [1.29, 1.82) is 0 Å². The van der Waals surface area contributed by atoms with Crippen LogP contribution in [0.25, 0.3) is 0 Å². The highest BCUT2D eigenvalue weighted by Crippen LogP contribution is 2.43. The molecule has 1 amide bonds. The van der Waals surface area contributed by atoms with Crippen molar-refractivity contribution in [2.45, 2.75) is 90.2 Å². The average molecular weight is 640 g/mol. The minimum atomic E-state index is -4.72. The highest BCUT2D eigenvalue weighted by Gasteiger charge is 2.28. The van der Waals surface area contributed by atoms with Gasteiger partial charge < -0.3 is 25.2 Å². The van der Waals surface area contributed by atoms with Crippen molar-refractivity contribution in [1.82, 2.24) is 5.32 Å². The summed E-state index contributed by atoms with van der Waals surface area (Å²) in [6, 6.07) is -1.55. The molecule has 0 heterocycles. The van der Waals surface area contributed by atoms with Gasteiger partial charge in [-0.3, -0.25) is 18.6 Å². The molecule has 0 aromatic rings. The van der Waals surface area contributed by atoms with E-state index in [9.17, 15) is 28.9 Å². The van der Waals surface area contributed by atoms with E-state index in [-0.39, 0.29) is 6.42 Å². The SMILES string of the molecule is CC/C=C\C/C=C\C/C=C\C/C=C\C/C=C\C/C=C\CCCCC(=O)OCC(O)COP(=O)(O)OCC(NC(C)=O)C(=O)O. The minimum absolute atomic E-state index is 0.164. The summed E-state index contributed by atoms with van der Waals surface area (Å²) in [6.07, 6.45) is 32.5. The number of allylic oxidation sites excluding steroid dienone is 12. The van der Waals surface area contributed by atoms with E-state index in [1.165, 1.54) is 0 Å². The van der Waals surface area contributed by atoms with Gasteiger partial charge in [0, 0.05) is 13.3 Å². The third-order valence-electron chi connectivity index (χ3n) is 5.54. The van der Waals surface area contributed by atoms with Crippen LogP contribution in [0, 0.1) is 0 Å². The van der Waals surface area contributed by atoms with Crippen molar-refractivity contribution in [2.75, 3.05) is 19.8 Å². The van der Waals surface area contributed by atoms with Gasteiger partial charge in [0.05, 0.1) is 13.2 Å². The number of amides is 1. The Morgan fingerprint density at radius 3 is 1.70 bits per heavy atom. The molecule has 0 saturated heterocycles. The Bertz CT molecular complexity index is 1030. The molecule has 0 saturated carbocycles. The molecule has 44 heavy (non-hydrogen) atoms. The first-order valence-corrected chi connectivity index (χ1v) is 16.4. The number of rotatable bonds is 26. The molecule has 0 aliphatic heterocycles. The van der Waals surface area contributed by atoms with Crippen LogP contribution in [-0.4, -0.2) is 64.9 Å². The fraction of sp³-hybridized carbons (Fsp3) is 0.531. The number of aliphatic hydroxyl groups excluding tert-OH is 1. The van der Waals surface area contributed by atoms with Crippen molar-refractivity contribution in [3.05, 3.63) is 72.9 Å². The normalized spacial score (nSPS) is 15.2. The van der Waals surface area contributed by atoms with Crippen LogP contribution in [0.5, 0.6) is 0 Å². The number of aliphatic hydroxyl groups is 1. The number of hydrogen-bond acceptors (Lipinski definition) is 8. The second kappa shape index (κ2) is 27.5. The van der Waals surface area contributed by atoms with Crippen LogP contribution in [0.1, 0.15) is 78.1 Å². The van der Waals surface area contributed by atoms with Crippen LogP contribution in [-0.2, 0) is 32.7 Å². The van der Waals surface area contributed by atoms with E-state index < -0.39 is 57.6 Å². The van der Waals surface area contributed by atoms with Crippen LogP contribution >= 0.6 is 7.82 Å². The lowest BCUT2D eigenvalue weighted by Gasteiger charge is -2.18. The number of phosphoric ester groups is 1. The molecule has 0 rings (SSSR count). The molecule has 0 spiro atoms. The number of carbonyl (C=O) groups is 3. The summed E-state index contributed by atoms with van der Waals surface area (Å²) in [7, 11) is -4.72. The fourth-order valence-electron chi connectivity index (χ4n) is 3.29. The standard InChI is InChI=1S/C32H50NO10P/c1-3-4-5-6-7-8-9-10-11-12-13-14-15-16-17-18-19-20-21-22-23-24-31(36)41-25-29(35)26-42-44(39,40)43-27-30(32(37)38)33-28(2)34/h4-5,7-8,10-11,13-14,16-17,19-20,29-30,35H,3,6,9,12,15,18,21-27H2,1-2H3,(H,33,34)(H,37,38)(H,39,40)/b5-4-,8-7-,11-10-,14-13-,17-16-,20-19-. The second-order valence-electron chi connectivity index (χ2n) is 9.65. The summed E-state index contributed by atoms with van der Waals surface area (Å²) in [6.45, 7) is 1.24.